The van der Waals surface area contributed by atoms with Gasteiger partial charge in [-0.25, -0.2) is 0 Å². The highest BCUT2D eigenvalue weighted by Gasteiger charge is 2.11. The molecule has 0 amide bonds. The molecule has 1 heterocycles. The molecule has 0 saturated heterocycles. The molecule has 0 atom stereocenters. The Morgan fingerprint density at radius 2 is 0.950 bits per heavy atom. The quantitative estimate of drug-likeness (QED) is 0.611. The third-order valence-corrected chi connectivity index (χ3v) is 2.92. The summed E-state index contributed by atoms with van der Waals surface area (Å²) in [4.78, 5) is 0. The first-order chi connectivity index (χ1) is 9.72. The van der Waals surface area contributed by atoms with Gasteiger partial charge in [0.1, 0.15) is 0 Å². The zero-order valence-electron chi connectivity index (χ0n) is 10.7. The van der Waals surface area contributed by atoms with Crippen LogP contribution >= 0.6 is 0 Å². The molecule has 0 radical (unpaired) electrons. The van der Waals surface area contributed by atoms with E-state index in [9.17, 15) is 0 Å². The van der Waals surface area contributed by atoms with Crippen LogP contribution in [0.1, 0.15) is 11.1 Å². The molecule has 0 unspecified atom stereocenters. The molecule has 6 heteroatoms. The number of anilines is 2. The molecular formula is C14H14N6. The molecule has 0 aromatic heterocycles. The second-order valence-corrected chi connectivity index (χ2v) is 4.39. The summed E-state index contributed by atoms with van der Waals surface area (Å²) in [5.74, 6) is 1.29. The first kappa shape index (κ1) is 12.0. The summed E-state index contributed by atoms with van der Waals surface area (Å²) in [6.45, 7) is 0. The molecule has 0 spiro atoms. The molecule has 0 bridgehead atoms. The molecule has 100 valence electrons. The van der Waals surface area contributed by atoms with Crippen molar-refractivity contribution in [2.75, 3.05) is 11.5 Å². The number of hydrogen-bond donors (Lipinski definition) is 4. The van der Waals surface area contributed by atoms with E-state index < -0.39 is 0 Å². The van der Waals surface area contributed by atoms with Crippen LogP contribution in [0.3, 0.4) is 0 Å². The highest BCUT2D eigenvalue weighted by Crippen LogP contribution is 2.09. The summed E-state index contributed by atoms with van der Waals surface area (Å²) in [6.07, 6.45) is 0. The van der Waals surface area contributed by atoms with Crippen molar-refractivity contribution in [2.24, 2.45) is 10.2 Å². The number of rotatable bonds is 2. The summed E-state index contributed by atoms with van der Waals surface area (Å²) in [5.41, 5.74) is 20.6. The number of nitrogen functional groups attached to an aromatic ring is 2. The van der Waals surface area contributed by atoms with Crippen molar-refractivity contribution in [1.29, 1.82) is 0 Å². The third kappa shape index (κ3) is 2.39. The zero-order chi connectivity index (χ0) is 13.9. The van der Waals surface area contributed by atoms with Crippen LogP contribution in [0, 0.1) is 0 Å². The van der Waals surface area contributed by atoms with Crippen molar-refractivity contribution in [3.63, 3.8) is 0 Å². The number of hydrogen-bond acceptors (Lipinski definition) is 6. The Hall–Kier alpha value is -3.02. The van der Waals surface area contributed by atoms with E-state index in [1.54, 1.807) is 0 Å². The van der Waals surface area contributed by atoms with Crippen molar-refractivity contribution in [3.8, 4) is 0 Å². The topological polar surface area (TPSA) is 101 Å². The monoisotopic (exact) mass is 266 g/mol. The highest BCUT2D eigenvalue weighted by molar-refractivity contribution is 6.06. The van der Waals surface area contributed by atoms with Gasteiger partial charge in [0.05, 0.1) is 0 Å². The maximum atomic E-state index is 5.65. The predicted octanol–water partition coefficient (Wildman–Crippen LogP) is 1.07. The number of nitrogens with two attached hydrogens (primary N) is 2. The van der Waals surface area contributed by atoms with Crippen LogP contribution in [-0.4, -0.2) is 11.7 Å². The molecule has 0 aliphatic carbocycles. The van der Waals surface area contributed by atoms with Crippen molar-refractivity contribution < 1.29 is 0 Å². The third-order valence-electron chi connectivity index (χ3n) is 2.92. The fourth-order valence-electron chi connectivity index (χ4n) is 1.81. The average molecular weight is 266 g/mol. The first-order valence-corrected chi connectivity index (χ1v) is 6.12. The van der Waals surface area contributed by atoms with Crippen LogP contribution in [0.15, 0.2) is 58.7 Å². The first-order valence-electron chi connectivity index (χ1n) is 6.12. The summed E-state index contributed by atoms with van der Waals surface area (Å²) in [5, 5.41) is 8.34. The van der Waals surface area contributed by atoms with Crippen LogP contribution in [0.4, 0.5) is 11.4 Å². The van der Waals surface area contributed by atoms with E-state index in [-0.39, 0.29) is 0 Å². The van der Waals surface area contributed by atoms with Gasteiger partial charge < -0.3 is 11.5 Å². The van der Waals surface area contributed by atoms with Gasteiger partial charge in [0, 0.05) is 22.5 Å². The van der Waals surface area contributed by atoms with Crippen LogP contribution < -0.4 is 22.3 Å². The Balaban J connectivity index is 1.85. The summed E-state index contributed by atoms with van der Waals surface area (Å²) >= 11 is 0. The van der Waals surface area contributed by atoms with Crippen molar-refractivity contribution in [3.05, 3.63) is 59.7 Å². The molecule has 2 aromatic carbocycles. The van der Waals surface area contributed by atoms with Crippen molar-refractivity contribution >= 4 is 23.0 Å². The molecule has 0 saturated carbocycles. The van der Waals surface area contributed by atoms with E-state index in [1.165, 1.54) is 0 Å². The van der Waals surface area contributed by atoms with Gasteiger partial charge in [0.2, 0.25) is 0 Å². The van der Waals surface area contributed by atoms with Crippen molar-refractivity contribution in [2.45, 2.75) is 0 Å². The molecular weight excluding hydrogens is 252 g/mol. The number of nitrogens with one attached hydrogen (secondary N) is 2. The van der Waals surface area contributed by atoms with E-state index in [4.69, 9.17) is 11.5 Å². The van der Waals surface area contributed by atoms with Gasteiger partial charge in [-0.15, -0.1) is 10.2 Å². The summed E-state index contributed by atoms with van der Waals surface area (Å²) in [7, 11) is 0. The Bertz CT molecular complexity index is 608. The molecule has 2 aromatic rings. The maximum absolute atomic E-state index is 5.65. The van der Waals surface area contributed by atoms with Gasteiger partial charge in [0.25, 0.3) is 0 Å². The van der Waals surface area contributed by atoms with Gasteiger partial charge in [0.15, 0.2) is 11.7 Å². The lowest BCUT2D eigenvalue weighted by Crippen LogP contribution is -2.44. The molecule has 1 aliphatic rings. The minimum atomic E-state index is 0.643. The predicted molar refractivity (Wildman–Crippen MR) is 81.1 cm³/mol. The minimum absolute atomic E-state index is 0.643. The fraction of sp³-hybridized carbons (Fsp3) is 0. The number of benzene rings is 2. The Kier molecular flexibility index (Phi) is 2.96. The molecule has 20 heavy (non-hydrogen) atoms. The highest BCUT2D eigenvalue weighted by atomic mass is 15.5. The van der Waals surface area contributed by atoms with E-state index in [0.717, 1.165) is 11.1 Å². The second-order valence-electron chi connectivity index (χ2n) is 4.39. The van der Waals surface area contributed by atoms with Gasteiger partial charge in [-0.1, -0.05) is 0 Å². The SMILES string of the molecule is Nc1ccc(C2=NN=C(c3ccc(N)cc3)NN2)cc1. The normalized spacial score (nSPS) is 13.8. The Labute approximate surface area is 116 Å². The van der Waals surface area contributed by atoms with Gasteiger partial charge >= 0.3 is 0 Å². The lowest BCUT2D eigenvalue weighted by Gasteiger charge is -2.17. The maximum Gasteiger partial charge on any atom is 0.174 e. The lowest BCUT2D eigenvalue weighted by molar-refractivity contribution is 0.826. The van der Waals surface area contributed by atoms with Crippen LogP contribution in [0.5, 0.6) is 0 Å². The van der Waals surface area contributed by atoms with Gasteiger partial charge in [-0.3, -0.25) is 10.9 Å². The largest absolute Gasteiger partial charge is 0.399 e. The molecule has 3 rings (SSSR count). The van der Waals surface area contributed by atoms with E-state index in [0.29, 0.717) is 23.0 Å². The number of nitrogens with zero attached hydrogens (tertiary/aromatic N) is 2. The standard InChI is InChI=1S/C14H14N6/c15-11-5-1-9(2-6-11)13-17-19-14(20-18-13)10-3-7-12(16)8-4-10/h1-8H,15-16H2,(H,17,18)(H,19,20). The van der Waals surface area contributed by atoms with E-state index >= 15 is 0 Å². The molecule has 0 fully saturated rings. The minimum Gasteiger partial charge on any atom is -0.399 e. The fourth-order valence-corrected chi connectivity index (χ4v) is 1.81. The Morgan fingerprint density at radius 3 is 1.25 bits per heavy atom. The van der Waals surface area contributed by atoms with Crippen LogP contribution in [-0.2, 0) is 0 Å². The van der Waals surface area contributed by atoms with Crippen LogP contribution in [0.25, 0.3) is 0 Å². The van der Waals surface area contributed by atoms with Gasteiger partial charge in [-0.05, 0) is 48.5 Å². The van der Waals surface area contributed by atoms with Crippen molar-refractivity contribution in [1.82, 2.24) is 10.9 Å². The summed E-state index contributed by atoms with van der Waals surface area (Å²) in [6, 6.07) is 14.8. The van der Waals surface area contributed by atoms with E-state index in [2.05, 4.69) is 21.1 Å². The van der Waals surface area contributed by atoms with E-state index in [1.807, 2.05) is 48.5 Å². The molecule has 6 nitrogen and oxygen atoms in total. The zero-order valence-corrected chi connectivity index (χ0v) is 10.7. The Morgan fingerprint density at radius 1 is 0.600 bits per heavy atom. The average Bonchev–Trinajstić information content (AvgIpc) is 2.49. The lowest BCUT2D eigenvalue weighted by atomic mass is 10.2. The smallest absolute Gasteiger partial charge is 0.174 e. The van der Waals surface area contributed by atoms with Crippen LogP contribution in [0.2, 0.25) is 0 Å². The number of hydrazine groups is 1. The molecule has 1 aliphatic heterocycles. The summed E-state index contributed by atoms with van der Waals surface area (Å²) < 4.78 is 0. The number of amidine groups is 2. The second kappa shape index (κ2) is 4.93. The van der Waals surface area contributed by atoms with Gasteiger partial charge in [-0.2, -0.15) is 0 Å². The molecule has 6 N–H and O–H groups in total.